The van der Waals surface area contributed by atoms with Crippen molar-refractivity contribution in [3.8, 4) is 0 Å². The summed E-state index contributed by atoms with van der Waals surface area (Å²) in [6.07, 6.45) is 4.48. The van der Waals surface area contributed by atoms with E-state index in [0.717, 1.165) is 13.1 Å². The highest BCUT2D eigenvalue weighted by Gasteiger charge is 2.05. The molecule has 0 aliphatic heterocycles. The molecule has 134 valence electrons. The average molecular weight is 351 g/mol. The highest BCUT2D eigenvalue weighted by atomic mass is 15.1. The summed E-state index contributed by atoms with van der Waals surface area (Å²) < 4.78 is 0. The number of nitrogens with zero attached hydrogens (tertiary/aromatic N) is 1. The van der Waals surface area contributed by atoms with Crippen LogP contribution in [0.1, 0.15) is 25.0 Å². The minimum Gasteiger partial charge on any atom is -0.372 e. The van der Waals surface area contributed by atoms with Crippen molar-refractivity contribution in [3.05, 3.63) is 90.0 Å². The standard InChI is InChI=1S/C26H25N/c1-3-27(4-2)23-16-13-20(14-17-23)15-18-26-24-11-7-5-9-21(24)19-22-10-6-8-12-25(22)26/h5-19H,3-4H2,1-2H3. The molecule has 0 heterocycles. The van der Waals surface area contributed by atoms with Gasteiger partial charge in [0, 0.05) is 18.8 Å². The molecule has 0 radical (unpaired) electrons. The number of fused-ring (bicyclic) bond motifs is 2. The Balaban J connectivity index is 1.76. The van der Waals surface area contributed by atoms with Crippen LogP contribution in [-0.2, 0) is 0 Å². The molecular weight excluding hydrogens is 326 g/mol. The van der Waals surface area contributed by atoms with Crippen molar-refractivity contribution < 1.29 is 0 Å². The zero-order valence-electron chi connectivity index (χ0n) is 16.0. The molecule has 0 amide bonds. The average Bonchev–Trinajstić information content (AvgIpc) is 2.73. The van der Waals surface area contributed by atoms with Gasteiger partial charge in [0.15, 0.2) is 0 Å². The molecule has 0 N–H and O–H groups in total. The smallest absolute Gasteiger partial charge is 0.0366 e. The molecule has 0 aliphatic rings. The SMILES string of the molecule is CCN(CC)c1ccc(C=Cc2c3ccccc3cc3ccccc23)cc1. The maximum absolute atomic E-state index is 2.37. The van der Waals surface area contributed by atoms with Gasteiger partial charge in [-0.1, -0.05) is 72.8 Å². The number of hydrogen-bond donors (Lipinski definition) is 0. The first kappa shape index (κ1) is 17.4. The van der Waals surface area contributed by atoms with E-state index in [1.54, 1.807) is 0 Å². The maximum atomic E-state index is 2.37. The third kappa shape index (κ3) is 3.46. The van der Waals surface area contributed by atoms with Gasteiger partial charge in [-0.3, -0.25) is 0 Å². The van der Waals surface area contributed by atoms with E-state index >= 15 is 0 Å². The molecule has 0 fully saturated rings. The summed E-state index contributed by atoms with van der Waals surface area (Å²) in [5, 5.41) is 5.17. The third-order valence-electron chi connectivity index (χ3n) is 5.28. The molecule has 0 atom stereocenters. The molecule has 4 rings (SSSR count). The minimum atomic E-state index is 1.04. The lowest BCUT2D eigenvalue weighted by atomic mass is 9.96. The Kier molecular flexibility index (Phi) is 4.93. The predicted octanol–water partition coefficient (Wildman–Crippen LogP) is 7.01. The fourth-order valence-electron chi connectivity index (χ4n) is 3.79. The maximum Gasteiger partial charge on any atom is 0.0366 e. The number of anilines is 1. The zero-order valence-corrected chi connectivity index (χ0v) is 16.0. The Labute approximate surface area is 161 Å². The summed E-state index contributed by atoms with van der Waals surface area (Å²) >= 11 is 0. The van der Waals surface area contributed by atoms with E-state index in [4.69, 9.17) is 0 Å². The molecule has 4 aromatic rings. The number of hydrogen-bond acceptors (Lipinski definition) is 1. The van der Waals surface area contributed by atoms with E-state index in [2.05, 4.69) is 110 Å². The van der Waals surface area contributed by atoms with Gasteiger partial charge in [0.25, 0.3) is 0 Å². The molecule has 27 heavy (non-hydrogen) atoms. The van der Waals surface area contributed by atoms with Gasteiger partial charge in [-0.25, -0.2) is 0 Å². The molecule has 0 saturated carbocycles. The van der Waals surface area contributed by atoms with Crippen molar-refractivity contribution in [1.82, 2.24) is 0 Å². The van der Waals surface area contributed by atoms with Crippen molar-refractivity contribution in [3.63, 3.8) is 0 Å². The largest absolute Gasteiger partial charge is 0.372 e. The molecule has 0 bridgehead atoms. The first-order valence-corrected chi connectivity index (χ1v) is 9.73. The first-order valence-electron chi connectivity index (χ1n) is 9.73. The Morgan fingerprint density at radius 1 is 0.667 bits per heavy atom. The molecule has 0 aliphatic carbocycles. The van der Waals surface area contributed by atoms with E-state index < -0.39 is 0 Å². The summed E-state index contributed by atoms with van der Waals surface area (Å²) in [6.45, 7) is 6.47. The second-order valence-corrected chi connectivity index (χ2v) is 6.83. The molecule has 1 heteroatoms. The molecule has 0 spiro atoms. The van der Waals surface area contributed by atoms with Crippen molar-refractivity contribution >= 4 is 39.4 Å². The van der Waals surface area contributed by atoms with Gasteiger partial charge >= 0.3 is 0 Å². The quantitative estimate of drug-likeness (QED) is 0.276. The van der Waals surface area contributed by atoms with Crippen LogP contribution in [0.2, 0.25) is 0 Å². The predicted molar refractivity (Wildman–Crippen MR) is 120 cm³/mol. The molecule has 0 saturated heterocycles. The second-order valence-electron chi connectivity index (χ2n) is 6.83. The lowest BCUT2D eigenvalue weighted by molar-refractivity contribution is 0.866. The fourth-order valence-corrected chi connectivity index (χ4v) is 3.79. The van der Waals surface area contributed by atoms with Crippen molar-refractivity contribution in [2.75, 3.05) is 18.0 Å². The summed E-state index contributed by atoms with van der Waals surface area (Å²) in [7, 11) is 0. The van der Waals surface area contributed by atoms with Gasteiger partial charge in [-0.15, -0.1) is 0 Å². The van der Waals surface area contributed by atoms with Gasteiger partial charge in [0.1, 0.15) is 0 Å². The zero-order chi connectivity index (χ0) is 18.6. The summed E-state index contributed by atoms with van der Waals surface area (Å²) in [5.41, 5.74) is 3.80. The van der Waals surface area contributed by atoms with Crippen LogP contribution < -0.4 is 4.90 Å². The summed E-state index contributed by atoms with van der Waals surface area (Å²) in [5.74, 6) is 0. The van der Waals surface area contributed by atoms with E-state index in [1.807, 2.05) is 0 Å². The lowest BCUT2D eigenvalue weighted by Gasteiger charge is -2.20. The summed E-state index contributed by atoms with van der Waals surface area (Å²) in [4.78, 5) is 2.37. The molecule has 4 aromatic carbocycles. The number of benzene rings is 4. The van der Waals surface area contributed by atoms with Gasteiger partial charge < -0.3 is 4.90 Å². The second kappa shape index (κ2) is 7.67. The third-order valence-corrected chi connectivity index (χ3v) is 5.28. The first-order chi connectivity index (χ1) is 13.3. The van der Waals surface area contributed by atoms with Crippen LogP contribution in [-0.4, -0.2) is 13.1 Å². The molecule has 0 unspecified atom stereocenters. The highest BCUT2D eigenvalue weighted by Crippen LogP contribution is 2.30. The van der Waals surface area contributed by atoms with Crippen molar-refractivity contribution in [2.24, 2.45) is 0 Å². The molecule has 1 nitrogen and oxygen atoms in total. The van der Waals surface area contributed by atoms with Crippen molar-refractivity contribution in [1.29, 1.82) is 0 Å². The van der Waals surface area contributed by atoms with Crippen LogP contribution in [0.25, 0.3) is 33.7 Å². The topological polar surface area (TPSA) is 3.24 Å². The Morgan fingerprint density at radius 3 is 1.78 bits per heavy atom. The van der Waals surface area contributed by atoms with Gasteiger partial charge in [-0.2, -0.15) is 0 Å². The van der Waals surface area contributed by atoms with Crippen LogP contribution >= 0.6 is 0 Å². The van der Waals surface area contributed by atoms with E-state index in [0.29, 0.717) is 0 Å². The van der Waals surface area contributed by atoms with Crippen molar-refractivity contribution in [2.45, 2.75) is 13.8 Å². The minimum absolute atomic E-state index is 1.04. The van der Waals surface area contributed by atoms with E-state index in [-0.39, 0.29) is 0 Å². The van der Waals surface area contributed by atoms with E-state index in [9.17, 15) is 0 Å². The Bertz CT molecular complexity index is 1030. The molecular formula is C26H25N. The normalized spacial score (nSPS) is 11.5. The lowest BCUT2D eigenvalue weighted by Crippen LogP contribution is -2.21. The van der Waals surface area contributed by atoms with Crippen LogP contribution in [0.5, 0.6) is 0 Å². The Morgan fingerprint density at radius 2 is 1.22 bits per heavy atom. The summed E-state index contributed by atoms with van der Waals surface area (Å²) in [6, 6.07) is 28.4. The van der Waals surface area contributed by atoms with Crippen LogP contribution in [0.15, 0.2) is 78.9 Å². The fraction of sp³-hybridized carbons (Fsp3) is 0.154. The van der Waals surface area contributed by atoms with E-state index in [1.165, 1.54) is 38.4 Å². The van der Waals surface area contributed by atoms with Gasteiger partial charge in [0.05, 0.1) is 0 Å². The number of rotatable bonds is 5. The van der Waals surface area contributed by atoms with Crippen LogP contribution in [0, 0.1) is 0 Å². The monoisotopic (exact) mass is 351 g/mol. The highest BCUT2D eigenvalue weighted by molar-refractivity contribution is 6.07. The van der Waals surface area contributed by atoms with Crippen LogP contribution in [0.4, 0.5) is 5.69 Å². The molecule has 0 aromatic heterocycles. The van der Waals surface area contributed by atoms with Gasteiger partial charge in [0.2, 0.25) is 0 Å². The Hall–Kier alpha value is -3.06. The van der Waals surface area contributed by atoms with Gasteiger partial charge in [-0.05, 0) is 64.7 Å². The van der Waals surface area contributed by atoms with Crippen LogP contribution in [0.3, 0.4) is 0 Å².